The third kappa shape index (κ3) is 4.46. The first-order valence-electron chi connectivity index (χ1n) is 4.97. The van der Waals surface area contributed by atoms with Crippen LogP contribution in [0.3, 0.4) is 0 Å². The molecule has 0 saturated heterocycles. The summed E-state index contributed by atoms with van der Waals surface area (Å²) in [5.41, 5.74) is 2.35. The van der Waals surface area contributed by atoms with Crippen molar-refractivity contribution in [1.29, 1.82) is 0 Å². The number of carbonyl (C=O) groups is 1. The Hall–Kier alpha value is -2.03. The van der Waals surface area contributed by atoms with Crippen LogP contribution in [0.4, 0.5) is 0 Å². The van der Waals surface area contributed by atoms with Gasteiger partial charge >= 0.3 is 0 Å². The summed E-state index contributed by atoms with van der Waals surface area (Å²) in [6.07, 6.45) is 7.15. The predicted molar refractivity (Wildman–Crippen MR) is 63.8 cm³/mol. The van der Waals surface area contributed by atoms with E-state index in [1.807, 2.05) is 24.3 Å². The molecule has 0 fully saturated rings. The van der Waals surface area contributed by atoms with Crippen molar-refractivity contribution in [3.8, 4) is 11.1 Å². The van der Waals surface area contributed by atoms with Crippen molar-refractivity contribution in [1.82, 2.24) is 9.97 Å². The Morgan fingerprint density at radius 2 is 1.06 bits per heavy atom. The van der Waals surface area contributed by atoms with Gasteiger partial charge in [-0.2, -0.15) is 0 Å². The molecule has 0 aliphatic heterocycles. The van der Waals surface area contributed by atoms with Crippen LogP contribution < -0.4 is 0 Å². The minimum Gasteiger partial charge on any atom is -0.300 e. The second kappa shape index (κ2) is 6.45. The molecule has 3 heteroatoms. The smallest absolute Gasteiger partial charge is 0.126 e. The van der Waals surface area contributed by atoms with Gasteiger partial charge in [0.15, 0.2) is 0 Å². The topological polar surface area (TPSA) is 42.9 Å². The molecule has 2 heterocycles. The quantitative estimate of drug-likeness (QED) is 0.733. The van der Waals surface area contributed by atoms with E-state index in [2.05, 4.69) is 9.97 Å². The highest BCUT2D eigenvalue weighted by molar-refractivity contribution is 5.72. The number of aromatic nitrogens is 2. The molecule has 0 saturated carbocycles. The van der Waals surface area contributed by atoms with Gasteiger partial charge in [-0.05, 0) is 49.2 Å². The largest absolute Gasteiger partial charge is 0.300 e. The molecule has 2 aromatic heterocycles. The molecular weight excluding hydrogens is 200 g/mol. The van der Waals surface area contributed by atoms with Gasteiger partial charge in [0.1, 0.15) is 5.78 Å². The summed E-state index contributed by atoms with van der Waals surface area (Å²) in [4.78, 5) is 17.4. The van der Waals surface area contributed by atoms with Gasteiger partial charge < -0.3 is 4.79 Å². The molecule has 0 N–H and O–H groups in total. The SMILES string of the molecule is CC(C)=O.c1cc(-c2ccncc2)ccn1. The van der Waals surface area contributed by atoms with Crippen LogP contribution in [0.25, 0.3) is 11.1 Å². The Morgan fingerprint density at radius 3 is 1.31 bits per heavy atom. The number of hydrogen-bond acceptors (Lipinski definition) is 3. The second-order valence-corrected chi connectivity index (χ2v) is 3.38. The molecule has 0 atom stereocenters. The average molecular weight is 214 g/mol. The fourth-order valence-corrected chi connectivity index (χ4v) is 1.09. The molecule has 16 heavy (non-hydrogen) atoms. The second-order valence-electron chi connectivity index (χ2n) is 3.38. The molecule has 3 nitrogen and oxygen atoms in total. The average Bonchev–Trinajstić information content (AvgIpc) is 2.31. The lowest BCUT2D eigenvalue weighted by Crippen LogP contribution is -1.77. The molecule has 0 spiro atoms. The number of rotatable bonds is 1. The van der Waals surface area contributed by atoms with Crippen molar-refractivity contribution in [2.45, 2.75) is 13.8 Å². The van der Waals surface area contributed by atoms with E-state index in [0.29, 0.717) is 0 Å². The normalized spacial score (nSPS) is 8.88. The van der Waals surface area contributed by atoms with Gasteiger partial charge in [0, 0.05) is 24.8 Å². The fraction of sp³-hybridized carbons (Fsp3) is 0.154. The summed E-state index contributed by atoms with van der Waals surface area (Å²) in [6.45, 7) is 3.06. The van der Waals surface area contributed by atoms with Crippen LogP contribution in [0.2, 0.25) is 0 Å². The van der Waals surface area contributed by atoms with Crippen LogP contribution in [0.1, 0.15) is 13.8 Å². The van der Waals surface area contributed by atoms with Crippen molar-refractivity contribution in [2.75, 3.05) is 0 Å². The lowest BCUT2D eigenvalue weighted by atomic mass is 10.1. The third-order valence-electron chi connectivity index (χ3n) is 1.69. The maximum Gasteiger partial charge on any atom is 0.126 e. The molecule has 0 aromatic carbocycles. The van der Waals surface area contributed by atoms with Crippen LogP contribution in [0.15, 0.2) is 49.1 Å². The van der Waals surface area contributed by atoms with E-state index < -0.39 is 0 Å². The van der Waals surface area contributed by atoms with Gasteiger partial charge in [0.05, 0.1) is 0 Å². The zero-order valence-electron chi connectivity index (χ0n) is 9.42. The standard InChI is InChI=1S/C10H8N2.C3H6O/c1-5-11-6-2-9(1)10-3-7-12-8-4-10;1-3(2)4/h1-8H;1-2H3. The molecule has 0 bridgehead atoms. The van der Waals surface area contributed by atoms with E-state index in [0.717, 1.165) is 0 Å². The van der Waals surface area contributed by atoms with Crippen molar-refractivity contribution in [3.63, 3.8) is 0 Å². The van der Waals surface area contributed by atoms with Crippen molar-refractivity contribution in [2.24, 2.45) is 0 Å². The van der Waals surface area contributed by atoms with E-state index in [1.54, 1.807) is 24.8 Å². The van der Waals surface area contributed by atoms with Crippen LogP contribution in [-0.4, -0.2) is 15.8 Å². The third-order valence-corrected chi connectivity index (χ3v) is 1.69. The number of carbonyl (C=O) groups excluding carboxylic acids is 1. The molecule has 2 rings (SSSR count). The van der Waals surface area contributed by atoms with E-state index >= 15 is 0 Å². The molecule has 0 amide bonds. The Morgan fingerprint density at radius 1 is 0.812 bits per heavy atom. The molecule has 0 unspecified atom stereocenters. The van der Waals surface area contributed by atoms with Gasteiger partial charge in [-0.15, -0.1) is 0 Å². The lowest BCUT2D eigenvalue weighted by molar-refractivity contribution is -0.114. The summed E-state index contributed by atoms with van der Waals surface area (Å²) < 4.78 is 0. The van der Waals surface area contributed by atoms with Gasteiger partial charge in [-0.25, -0.2) is 0 Å². The highest BCUT2D eigenvalue weighted by Crippen LogP contribution is 2.15. The Labute approximate surface area is 95.2 Å². The van der Waals surface area contributed by atoms with E-state index in [-0.39, 0.29) is 5.78 Å². The monoisotopic (exact) mass is 214 g/mol. The summed E-state index contributed by atoms with van der Waals surface area (Å²) >= 11 is 0. The number of hydrogen-bond donors (Lipinski definition) is 0. The predicted octanol–water partition coefficient (Wildman–Crippen LogP) is 2.74. The van der Waals surface area contributed by atoms with Crippen molar-refractivity contribution < 1.29 is 4.79 Å². The minimum absolute atomic E-state index is 0.167. The molecule has 0 aliphatic carbocycles. The molecule has 2 aromatic rings. The zero-order chi connectivity index (χ0) is 11.8. The van der Waals surface area contributed by atoms with Gasteiger partial charge in [0.2, 0.25) is 0 Å². The number of ketones is 1. The first kappa shape index (κ1) is 12.0. The Balaban J connectivity index is 0.000000280. The number of nitrogens with zero attached hydrogens (tertiary/aromatic N) is 2. The van der Waals surface area contributed by atoms with Crippen LogP contribution in [0, 0.1) is 0 Å². The van der Waals surface area contributed by atoms with E-state index in [1.165, 1.54) is 25.0 Å². The van der Waals surface area contributed by atoms with Gasteiger partial charge in [0.25, 0.3) is 0 Å². The van der Waals surface area contributed by atoms with E-state index in [4.69, 9.17) is 0 Å². The van der Waals surface area contributed by atoms with Crippen molar-refractivity contribution >= 4 is 5.78 Å². The molecule has 82 valence electrons. The highest BCUT2D eigenvalue weighted by Gasteiger charge is 1.92. The van der Waals surface area contributed by atoms with Gasteiger partial charge in [-0.1, -0.05) is 0 Å². The highest BCUT2D eigenvalue weighted by atomic mass is 16.1. The van der Waals surface area contributed by atoms with Crippen LogP contribution >= 0.6 is 0 Å². The van der Waals surface area contributed by atoms with Crippen molar-refractivity contribution in [3.05, 3.63) is 49.1 Å². The van der Waals surface area contributed by atoms with E-state index in [9.17, 15) is 4.79 Å². The number of pyridine rings is 2. The number of Topliss-reactive ketones (excluding diaryl/α,β-unsaturated/α-hetero) is 1. The molecule has 0 aliphatic rings. The summed E-state index contributed by atoms with van der Waals surface area (Å²) in [6, 6.07) is 7.93. The fourth-order valence-electron chi connectivity index (χ4n) is 1.09. The maximum atomic E-state index is 9.44. The Bertz CT molecular complexity index is 385. The zero-order valence-corrected chi connectivity index (χ0v) is 9.42. The van der Waals surface area contributed by atoms with Gasteiger partial charge in [-0.3, -0.25) is 9.97 Å². The first-order valence-corrected chi connectivity index (χ1v) is 4.97. The molecular formula is C13H14N2O. The lowest BCUT2D eigenvalue weighted by Gasteiger charge is -1.97. The van der Waals surface area contributed by atoms with Crippen LogP contribution in [0.5, 0.6) is 0 Å². The van der Waals surface area contributed by atoms with Crippen LogP contribution in [-0.2, 0) is 4.79 Å². The maximum absolute atomic E-state index is 9.44. The molecule has 0 radical (unpaired) electrons. The minimum atomic E-state index is 0.167. The first-order chi connectivity index (χ1) is 7.70. The summed E-state index contributed by atoms with van der Waals surface area (Å²) in [7, 11) is 0. The summed E-state index contributed by atoms with van der Waals surface area (Å²) in [5.74, 6) is 0.167. The Kier molecular flexibility index (Phi) is 4.86. The summed E-state index contributed by atoms with van der Waals surface area (Å²) in [5, 5.41) is 0.